The van der Waals surface area contributed by atoms with E-state index < -0.39 is 0 Å². The molecule has 0 atom stereocenters. The van der Waals surface area contributed by atoms with Crippen LogP contribution < -0.4 is 4.90 Å². The van der Waals surface area contributed by atoms with Gasteiger partial charge in [-0.05, 0) is 61.4 Å². The smallest absolute Gasteiger partial charge is 0.274 e. The highest BCUT2D eigenvalue weighted by Crippen LogP contribution is 2.21. The van der Waals surface area contributed by atoms with Gasteiger partial charge in [-0.1, -0.05) is 11.6 Å². The van der Waals surface area contributed by atoms with Gasteiger partial charge in [-0.2, -0.15) is 0 Å². The molecule has 0 unspecified atom stereocenters. The van der Waals surface area contributed by atoms with Gasteiger partial charge in [0.25, 0.3) is 5.91 Å². The van der Waals surface area contributed by atoms with Crippen molar-refractivity contribution in [2.24, 2.45) is 0 Å². The predicted octanol–water partition coefficient (Wildman–Crippen LogP) is 4.54. The molecule has 0 radical (unpaired) electrons. The first kappa shape index (κ1) is 19.5. The van der Waals surface area contributed by atoms with E-state index in [1.165, 1.54) is 12.1 Å². The predicted molar refractivity (Wildman–Crippen MR) is 112 cm³/mol. The van der Waals surface area contributed by atoms with Crippen LogP contribution in [-0.4, -0.2) is 40.5 Å². The second-order valence-corrected chi connectivity index (χ2v) is 7.66. The molecule has 1 saturated heterocycles. The van der Waals surface area contributed by atoms with Gasteiger partial charge in [0, 0.05) is 42.7 Å². The number of likely N-dealkylation sites (tertiary alicyclic amines) is 1. The number of carbonyl (C=O) groups excluding carboxylic acids is 1. The maximum Gasteiger partial charge on any atom is 0.274 e. The van der Waals surface area contributed by atoms with Crippen LogP contribution in [0.5, 0.6) is 0 Å². The van der Waals surface area contributed by atoms with Crippen molar-refractivity contribution in [1.82, 2.24) is 14.5 Å². The molecular formula is C22H22ClFN4O. The van der Waals surface area contributed by atoms with Crippen LogP contribution in [-0.2, 0) is 6.54 Å². The number of nitrogens with zero attached hydrogens (tertiary/aromatic N) is 4. The number of imidazole rings is 1. The van der Waals surface area contributed by atoms with Crippen LogP contribution in [0.3, 0.4) is 0 Å². The molecule has 0 aliphatic carbocycles. The van der Waals surface area contributed by atoms with Gasteiger partial charge in [-0.3, -0.25) is 4.79 Å². The number of hydrogen-bond acceptors (Lipinski definition) is 3. The Kier molecular flexibility index (Phi) is 5.53. The van der Waals surface area contributed by atoms with Gasteiger partial charge < -0.3 is 14.4 Å². The zero-order valence-electron chi connectivity index (χ0n) is 16.2. The summed E-state index contributed by atoms with van der Waals surface area (Å²) in [6.45, 7) is 2.01. The van der Waals surface area contributed by atoms with E-state index >= 15 is 0 Å². The fourth-order valence-corrected chi connectivity index (χ4v) is 3.67. The fraction of sp³-hybridized carbons (Fsp3) is 0.273. The maximum absolute atomic E-state index is 13.2. The highest BCUT2D eigenvalue weighted by Gasteiger charge is 2.23. The summed E-state index contributed by atoms with van der Waals surface area (Å²) < 4.78 is 15.2. The monoisotopic (exact) mass is 412 g/mol. The highest BCUT2D eigenvalue weighted by molar-refractivity contribution is 6.30. The quantitative estimate of drug-likeness (QED) is 0.618. The van der Waals surface area contributed by atoms with Crippen molar-refractivity contribution in [3.8, 4) is 5.69 Å². The minimum Gasteiger partial charge on any atom is -0.367 e. The van der Waals surface area contributed by atoms with Crippen LogP contribution in [0.25, 0.3) is 5.69 Å². The molecule has 4 rings (SSSR count). The van der Waals surface area contributed by atoms with Crippen molar-refractivity contribution in [1.29, 1.82) is 0 Å². The maximum atomic E-state index is 13.2. The van der Waals surface area contributed by atoms with Crippen LogP contribution in [0, 0.1) is 5.82 Å². The fourth-order valence-electron chi connectivity index (χ4n) is 3.54. The van der Waals surface area contributed by atoms with Crippen LogP contribution in [0.1, 0.15) is 29.2 Å². The molecule has 7 heteroatoms. The van der Waals surface area contributed by atoms with Gasteiger partial charge in [0.15, 0.2) is 0 Å². The minimum absolute atomic E-state index is 0.0408. The zero-order chi connectivity index (χ0) is 20.4. The summed E-state index contributed by atoms with van der Waals surface area (Å²) in [4.78, 5) is 21.3. The molecule has 150 valence electrons. The molecule has 1 aliphatic rings. The van der Waals surface area contributed by atoms with Gasteiger partial charge >= 0.3 is 0 Å². The molecule has 0 bridgehead atoms. The van der Waals surface area contributed by atoms with E-state index in [0.29, 0.717) is 17.3 Å². The Bertz CT molecular complexity index is 995. The largest absolute Gasteiger partial charge is 0.367 e. The van der Waals surface area contributed by atoms with Gasteiger partial charge in [0.05, 0.1) is 6.54 Å². The van der Waals surface area contributed by atoms with Crippen molar-refractivity contribution in [2.45, 2.75) is 19.4 Å². The summed E-state index contributed by atoms with van der Waals surface area (Å²) in [5.41, 5.74) is 2.18. The topological polar surface area (TPSA) is 41.4 Å². The van der Waals surface area contributed by atoms with E-state index in [-0.39, 0.29) is 11.7 Å². The Morgan fingerprint density at radius 2 is 1.76 bits per heavy atom. The summed E-state index contributed by atoms with van der Waals surface area (Å²) >= 11 is 6.03. The number of aromatic nitrogens is 2. The highest BCUT2D eigenvalue weighted by atomic mass is 35.5. The number of carbonyl (C=O) groups is 1. The molecule has 1 aliphatic heterocycles. The summed E-state index contributed by atoms with van der Waals surface area (Å²) in [5.74, 6) is 0.408. The Balaban J connectivity index is 1.67. The van der Waals surface area contributed by atoms with Crippen LogP contribution >= 0.6 is 11.6 Å². The second kappa shape index (κ2) is 8.25. The number of anilines is 1. The average molecular weight is 413 g/mol. The van der Waals surface area contributed by atoms with Crippen LogP contribution in [0.4, 0.5) is 10.1 Å². The molecule has 5 nitrogen and oxygen atoms in total. The Labute approximate surface area is 174 Å². The number of rotatable bonds is 5. The lowest BCUT2D eigenvalue weighted by Gasteiger charge is -2.19. The Hall–Kier alpha value is -2.86. The zero-order valence-corrected chi connectivity index (χ0v) is 16.9. The summed E-state index contributed by atoms with van der Waals surface area (Å²) in [7, 11) is 1.91. The molecular weight excluding hydrogens is 391 g/mol. The van der Waals surface area contributed by atoms with E-state index in [4.69, 9.17) is 11.6 Å². The number of halogens is 2. The molecule has 2 heterocycles. The minimum atomic E-state index is -0.275. The number of hydrogen-bond donors (Lipinski definition) is 0. The molecule has 1 amide bonds. The average Bonchev–Trinajstić information content (AvgIpc) is 3.39. The van der Waals surface area contributed by atoms with Gasteiger partial charge in [-0.25, -0.2) is 9.37 Å². The lowest BCUT2D eigenvalue weighted by Crippen LogP contribution is -2.28. The van der Waals surface area contributed by atoms with E-state index in [2.05, 4.69) is 4.98 Å². The molecule has 3 aromatic rings. The number of benzene rings is 2. The SMILES string of the molecule is CN(Cc1nc(C(=O)N2CCCC2)cn1-c1ccc(Cl)cc1)c1ccc(F)cc1. The summed E-state index contributed by atoms with van der Waals surface area (Å²) in [5, 5.41) is 0.646. The lowest BCUT2D eigenvalue weighted by atomic mass is 10.3. The summed E-state index contributed by atoms with van der Waals surface area (Å²) in [6.07, 6.45) is 3.85. The van der Waals surface area contributed by atoms with E-state index in [0.717, 1.165) is 43.1 Å². The molecule has 0 N–H and O–H groups in total. The second-order valence-electron chi connectivity index (χ2n) is 7.22. The number of amides is 1. The molecule has 0 saturated carbocycles. The van der Waals surface area contributed by atoms with Crippen molar-refractivity contribution >= 4 is 23.2 Å². The first-order valence-electron chi connectivity index (χ1n) is 9.61. The normalized spacial score (nSPS) is 13.7. The lowest BCUT2D eigenvalue weighted by molar-refractivity contribution is 0.0787. The van der Waals surface area contributed by atoms with Gasteiger partial charge in [-0.15, -0.1) is 0 Å². The molecule has 29 heavy (non-hydrogen) atoms. The Morgan fingerprint density at radius 3 is 2.41 bits per heavy atom. The molecule has 2 aromatic carbocycles. The third kappa shape index (κ3) is 4.27. The van der Waals surface area contributed by atoms with Crippen molar-refractivity contribution < 1.29 is 9.18 Å². The van der Waals surface area contributed by atoms with Gasteiger partial charge in [0.1, 0.15) is 17.3 Å². The van der Waals surface area contributed by atoms with Crippen LogP contribution in [0.2, 0.25) is 5.02 Å². The van der Waals surface area contributed by atoms with E-state index in [9.17, 15) is 9.18 Å². The third-order valence-corrected chi connectivity index (χ3v) is 5.39. The third-order valence-electron chi connectivity index (χ3n) is 5.14. The van der Waals surface area contributed by atoms with E-state index in [1.807, 2.05) is 45.7 Å². The molecule has 1 fully saturated rings. The van der Waals surface area contributed by atoms with Crippen LogP contribution in [0.15, 0.2) is 54.7 Å². The van der Waals surface area contributed by atoms with Crippen molar-refractivity contribution in [2.75, 3.05) is 25.0 Å². The van der Waals surface area contributed by atoms with E-state index in [1.54, 1.807) is 18.3 Å². The molecule has 0 spiro atoms. The standard InChI is InChI=1S/C22H22ClFN4O/c1-26(18-10-6-17(24)7-11-18)15-21-25-20(22(29)27-12-2-3-13-27)14-28(21)19-8-4-16(23)5-9-19/h4-11,14H,2-3,12-13,15H2,1H3. The summed E-state index contributed by atoms with van der Waals surface area (Å²) in [6, 6.07) is 13.7. The first-order valence-corrected chi connectivity index (χ1v) is 9.99. The Morgan fingerprint density at radius 1 is 1.10 bits per heavy atom. The first-order chi connectivity index (χ1) is 14.0. The van der Waals surface area contributed by atoms with Crippen molar-refractivity contribution in [3.05, 3.63) is 77.1 Å². The van der Waals surface area contributed by atoms with Gasteiger partial charge in [0.2, 0.25) is 0 Å². The molecule has 1 aromatic heterocycles. The van der Waals surface area contributed by atoms with Crippen molar-refractivity contribution in [3.63, 3.8) is 0 Å².